The molecule has 0 bridgehead atoms. The maximum Gasteiger partial charge on any atom is 0.418 e. The van der Waals surface area contributed by atoms with Crippen molar-refractivity contribution in [2.24, 2.45) is 0 Å². The van der Waals surface area contributed by atoms with Crippen molar-refractivity contribution in [2.45, 2.75) is 13.1 Å². The Kier molecular flexibility index (Phi) is 4.61. The van der Waals surface area contributed by atoms with E-state index in [9.17, 15) is 18.0 Å². The minimum absolute atomic E-state index is 0.313. The third-order valence-electron chi connectivity index (χ3n) is 2.93. The second-order valence-corrected chi connectivity index (χ2v) is 5.02. The SMILES string of the molecule is Cc1ccc(Cl)cc1NC(=O)Nc1ccccc1C(F)(F)F. The van der Waals surface area contributed by atoms with E-state index >= 15 is 0 Å². The molecule has 22 heavy (non-hydrogen) atoms. The van der Waals surface area contributed by atoms with Crippen LogP contribution in [0, 0.1) is 6.92 Å². The lowest BCUT2D eigenvalue weighted by Crippen LogP contribution is -2.22. The Hall–Kier alpha value is -2.21. The summed E-state index contributed by atoms with van der Waals surface area (Å²) in [6, 6.07) is 8.85. The largest absolute Gasteiger partial charge is 0.418 e. The van der Waals surface area contributed by atoms with Gasteiger partial charge in [0.15, 0.2) is 0 Å². The summed E-state index contributed by atoms with van der Waals surface area (Å²) >= 11 is 5.83. The first-order valence-electron chi connectivity index (χ1n) is 6.28. The van der Waals surface area contributed by atoms with Crippen molar-refractivity contribution in [3.8, 4) is 0 Å². The van der Waals surface area contributed by atoms with E-state index in [0.29, 0.717) is 10.7 Å². The van der Waals surface area contributed by atoms with Gasteiger partial charge in [-0.3, -0.25) is 0 Å². The van der Waals surface area contributed by atoms with Crippen LogP contribution in [0.4, 0.5) is 29.3 Å². The van der Waals surface area contributed by atoms with E-state index in [1.54, 1.807) is 19.1 Å². The number of hydrogen-bond acceptors (Lipinski definition) is 1. The van der Waals surface area contributed by atoms with E-state index < -0.39 is 17.8 Å². The van der Waals surface area contributed by atoms with Crippen LogP contribution in [-0.2, 0) is 6.18 Å². The van der Waals surface area contributed by atoms with Crippen LogP contribution >= 0.6 is 11.6 Å². The number of nitrogens with one attached hydrogen (secondary N) is 2. The standard InChI is InChI=1S/C15H12ClF3N2O/c1-9-6-7-10(16)8-13(9)21-14(22)20-12-5-3-2-4-11(12)15(17,18)19/h2-8H,1H3,(H2,20,21,22). The van der Waals surface area contributed by atoms with Crippen molar-refractivity contribution in [2.75, 3.05) is 10.6 Å². The van der Waals surface area contributed by atoms with Gasteiger partial charge in [-0.2, -0.15) is 13.2 Å². The van der Waals surface area contributed by atoms with Gasteiger partial charge in [0.1, 0.15) is 0 Å². The first-order chi connectivity index (χ1) is 10.3. The number of rotatable bonds is 2. The zero-order valence-corrected chi connectivity index (χ0v) is 12.2. The van der Waals surface area contributed by atoms with Crippen LogP contribution < -0.4 is 10.6 Å². The number of alkyl halides is 3. The van der Waals surface area contributed by atoms with Crippen molar-refractivity contribution < 1.29 is 18.0 Å². The number of benzene rings is 2. The molecule has 0 atom stereocenters. The molecule has 3 nitrogen and oxygen atoms in total. The molecule has 2 amide bonds. The fourth-order valence-electron chi connectivity index (χ4n) is 1.84. The number of urea groups is 1. The van der Waals surface area contributed by atoms with E-state index in [4.69, 9.17) is 11.6 Å². The molecule has 116 valence electrons. The Morgan fingerprint density at radius 3 is 2.36 bits per heavy atom. The summed E-state index contributed by atoms with van der Waals surface area (Å²) < 4.78 is 38.6. The summed E-state index contributed by atoms with van der Waals surface area (Å²) in [4.78, 5) is 11.9. The number of halogens is 4. The van der Waals surface area contributed by atoms with Crippen LogP contribution in [0.15, 0.2) is 42.5 Å². The topological polar surface area (TPSA) is 41.1 Å². The zero-order valence-electron chi connectivity index (χ0n) is 11.5. The summed E-state index contributed by atoms with van der Waals surface area (Å²) in [5.41, 5.74) is -0.0571. The Balaban J connectivity index is 2.18. The van der Waals surface area contributed by atoms with Gasteiger partial charge in [0.05, 0.1) is 11.3 Å². The molecule has 0 unspecified atom stereocenters. The highest BCUT2D eigenvalue weighted by atomic mass is 35.5. The Morgan fingerprint density at radius 1 is 1.05 bits per heavy atom. The third-order valence-corrected chi connectivity index (χ3v) is 3.16. The second kappa shape index (κ2) is 6.27. The highest BCUT2D eigenvalue weighted by Gasteiger charge is 2.33. The first-order valence-corrected chi connectivity index (χ1v) is 6.65. The molecule has 2 N–H and O–H groups in total. The predicted molar refractivity (Wildman–Crippen MR) is 80.3 cm³/mol. The molecular formula is C15H12ClF3N2O. The minimum atomic E-state index is -4.55. The monoisotopic (exact) mass is 328 g/mol. The number of anilines is 2. The number of carbonyl (C=O) groups excluding carboxylic acids is 1. The van der Waals surface area contributed by atoms with Gasteiger partial charge >= 0.3 is 12.2 Å². The molecular weight excluding hydrogens is 317 g/mol. The van der Waals surface area contributed by atoms with Gasteiger partial charge in [-0.05, 0) is 36.8 Å². The van der Waals surface area contributed by atoms with Crippen molar-refractivity contribution >= 4 is 29.0 Å². The Labute approximate surface area is 130 Å². The summed E-state index contributed by atoms with van der Waals surface area (Å²) in [5.74, 6) is 0. The van der Waals surface area contributed by atoms with Crippen molar-refractivity contribution in [1.82, 2.24) is 0 Å². The van der Waals surface area contributed by atoms with Gasteiger partial charge in [0.2, 0.25) is 0 Å². The smallest absolute Gasteiger partial charge is 0.307 e. The Bertz CT molecular complexity index is 701. The summed E-state index contributed by atoms with van der Waals surface area (Å²) in [5, 5.41) is 5.09. The highest BCUT2D eigenvalue weighted by molar-refractivity contribution is 6.31. The predicted octanol–water partition coefficient (Wildman–Crippen LogP) is 5.31. The Morgan fingerprint density at radius 2 is 1.68 bits per heavy atom. The highest BCUT2D eigenvalue weighted by Crippen LogP contribution is 2.34. The minimum Gasteiger partial charge on any atom is -0.307 e. The fraction of sp³-hybridized carbons (Fsp3) is 0.133. The van der Waals surface area contributed by atoms with Gasteiger partial charge in [0, 0.05) is 10.7 Å². The average Bonchev–Trinajstić information content (AvgIpc) is 2.42. The molecule has 0 aliphatic heterocycles. The van der Waals surface area contributed by atoms with Crippen LogP contribution in [-0.4, -0.2) is 6.03 Å². The van der Waals surface area contributed by atoms with Crippen molar-refractivity contribution in [3.05, 3.63) is 58.6 Å². The van der Waals surface area contributed by atoms with Crippen LogP contribution in [0.5, 0.6) is 0 Å². The maximum absolute atomic E-state index is 12.9. The van der Waals surface area contributed by atoms with Gasteiger partial charge in [-0.25, -0.2) is 4.79 Å². The van der Waals surface area contributed by atoms with E-state index in [1.807, 2.05) is 0 Å². The van der Waals surface area contributed by atoms with Crippen LogP contribution in [0.3, 0.4) is 0 Å². The molecule has 0 radical (unpaired) electrons. The molecule has 0 aromatic heterocycles. The van der Waals surface area contributed by atoms with E-state index in [-0.39, 0.29) is 5.69 Å². The molecule has 2 aromatic rings. The number of aryl methyl sites for hydroxylation is 1. The van der Waals surface area contributed by atoms with E-state index in [1.165, 1.54) is 24.3 Å². The molecule has 0 saturated carbocycles. The zero-order chi connectivity index (χ0) is 16.3. The normalized spacial score (nSPS) is 11.1. The third kappa shape index (κ3) is 3.92. The molecule has 0 spiro atoms. The fourth-order valence-corrected chi connectivity index (χ4v) is 2.02. The number of amides is 2. The number of carbonyl (C=O) groups is 1. The molecule has 0 aliphatic carbocycles. The summed E-state index contributed by atoms with van der Waals surface area (Å²) in [7, 11) is 0. The molecule has 0 fully saturated rings. The molecule has 0 saturated heterocycles. The number of hydrogen-bond donors (Lipinski definition) is 2. The van der Waals surface area contributed by atoms with Gasteiger partial charge in [-0.1, -0.05) is 29.8 Å². The lowest BCUT2D eigenvalue weighted by atomic mass is 10.1. The van der Waals surface area contributed by atoms with Crippen molar-refractivity contribution in [1.29, 1.82) is 0 Å². The molecule has 7 heteroatoms. The average molecular weight is 329 g/mol. The molecule has 0 aliphatic rings. The first kappa shape index (κ1) is 16.2. The van der Waals surface area contributed by atoms with Crippen molar-refractivity contribution in [3.63, 3.8) is 0 Å². The van der Waals surface area contributed by atoms with E-state index in [2.05, 4.69) is 10.6 Å². The van der Waals surface area contributed by atoms with Crippen LogP contribution in [0.1, 0.15) is 11.1 Å². The lowest BCUT2D eigenvalue weighted by Gasteiger charge is -2.14. The van der Waals surface area contributed by atoms with Gasteiger partial charge in [-0.15, -0.1) is 0 Å². The van der Waals surface area contributed by atoms with Crippen LogP contribution in [0.2, 0.25) is 5.02 Å². The molecule has 2 aromatic carbocycles. The number of para-hydroxylation sites is 1. The maximum atomic E-state index is 12.9. The molecule has 0 heterocycles. The van der Waals surface area contributed by atoms with Gasteiger partial charge < -0.3 is 10.6 Å². The summed E-state index contributed by atoms with van der Waals surface area (Å²) in [6.07, 6.45) is -4.55. The molecule has 2 rings (SSSR count). The lowest BCUT2D eigenvalue weighted by molar-refractivity contribution is -0.136. The second-order valence-electron chi connectivity index (χ2n) is 4.58. The van der Waals surface area contributed by atoms with Gasteiger partial charge in [0.25, 0.3) is 0 Å². The summed E-state index contributed by atoms with van der Waals surface area (Å²) in [6.45, 7) is 1.75. The van der Waals surface area contributed by atoms with E-state index in [0.717, 1.165) is 11.6 Å². The quantitative estimate of drug-likeness (QED) is 0.770. The van der Waals surface area contributed by atoms with Crippen LogP contribution in [0.25, 0.3) is 0 Å².